The lowest BCUT2D eigenvalue weighted by Crippen LogP contribution is -2.41. The molecule has 0 bridgehead atoms. The summed E-state index contributed by atoms with van der Waals surface area (Å²) in [7, 11) is -0.360. The number of hydrogen-bond donors (Lipinski definition) is 0. The average Bonchev–Trinajstić information content (AvgIpc) is 3.13. The summed E-state index contributed by atoms with van der Waals surface area (Å²) in [6.45, 7) is 16.6. The van der Waals surface area contributed by atoms with Gasteiger partial charge in [-0.3, -0.25) is 0 Å². The molecule has 0 spiro atoms. The van der Waals surface area contributed by atoms with E-state index in [0.717, 1.165) is 16.6 Å². The summed E-state index contributed by atoms with van der Waals surface area (Å²) < 4.78 is 12.5. The first-order valence-electron chi connectivity index (χ1n) is 12.9. The van der Waals surface area contributed by atoms with Crippen LogP contribution in [0.1, 0.15) is 38.8 Å². The second kappa shape index (κ2) is 8.44. The first kappa shape index (κ1) is 23.7. The van der Waals surface area contributed by atoms with Crippen molar-refractivity contribution >= 4 is 57.1 Å². The summed E-state index contributed by atoms with van der Waals surface area (Å²) in [5.41, 5.74) is 4.95. The Kier molecular flexibility index (Phi) is 5.42. The topological polar surface area (TPSA) is 18.5 Å². The largest absolute Gasteiger partial charge is 0.494 e. The molecule has 0 saturated carbocycles. The lowest BCUT2D eigenvalue weighted by atomic mass is 9.78. The molecule has 1 aliphatic heterocycles. The van der Waals surface area contributed by atoms with Crippen LogP contribution in [0.3, 0.4) is 0 Å². The number of rotatable bonds is 4. The highest BCUT2D eigenvalue weighted by atomic mass is 16.7. The van der Waals surface area contributed by atoms with E-state index < -0.39 is 0 Å². The van der Waals surface area contributed by atoms with Crippen molar-refractivity contribution in [2.45, 2.75) is 38.9 Å². The number of fused-ring (bicyclic) bond motifs is 4. The molecule has 5 aromatic rings. The molecule has 5 aromatic carbocycles. The molecule has 1 heterocycles. The van der Waals surface area contributed by atoms with Gasteiger partial charge in [0.25, 0.3) is 0 Å². The molecule has 0 aromatic heterocycles. The third-order valence-electron chi connectivity index (χ3n) is 8.24. The molecule has 3 heteroatoms. The minimum atomic E-state index is -0.360. The van der Waals surface area contributed by atoms with Gasteiger partial charge in [0.15, 0.2) is 0 Å². The number of hydrogen-bond acceptors (Lipinski definition) is 2. The van der Waals surface area contributed by atoms with Crippen LogP contribution >= 0.6 is 0 Å². The van der Waals surface area contributed by atoms with E-state index in [1.165, 1.54) is 43.4 Å². The fourth-order valence-corrected chi connectivity index (χ4v) is 5.43. The molecule has 0 unspecified atom stereocenters. The maximum absolute atomic E-state index is 6.27. The highest BCUT2D eigenvalue weighted by molar-refractivity contribution is 6.62. The molecule has 182 valence electrons. The maximum atomic E-state index is 6.27. The molecule has 2 nitrogen and oxygen atoms in total. The van der Waals surface area contributed by atoms with Gasteiger partial charge in [0.2, 0.25) is 0 Å². The van der Waals surface area contributed by atoms with Crippen molar-refractivity contribution in [2.75, 3.05) is 0 Å². The lowest BCUT2D eigenvalue weighted by Gasteiger charge is -2.32. The van der Waals surface area contributed by atoms with Gasteiger partial charge in [-0.1, -0.05) is 92.0 Å². The summed E-state index contributed by atoms with van der Waals surface area (Å²) in [5.74, 6) is 0. The molecule has 6 rings (SSSR count). The fourth-order valence-electron chi connectivity index (χ4n) is 5.43. The zero-order valence-corrected chi connectivity index (χ0v) is 22.0. The summed E-state index contributed by atoms with van der Waals surface area (Å²) in [4.78, 5) is 0. The second-order valence-electron chi connectivity index (χ2n) is 11.0. The van der Waals surface area contributed by atoms with Gasteiger partial charge in [-0.15, -0.1) is 0 Å². The van der Waals surface area contributed by atoms with Gasteiger partial charge in [-0.05, 0) is 99.9 Å². The predicted octanol–water partition coefficient (Wildman–Crippen LogP) is 8.40. The van der Waals surface area contributed by atoms with E-state index in [2.05, 4.69) is 120 Å². The van der Waals surface area contributed by atoms with E-state index in [1.807, 2.05) is 12.2 Å². The molecule has 0 aliphatic carbocycles. The molecule has 0 radical (unpaired) electrons. The third-order valence-corrected chi connectivity index (χ3v) is 8.24. The van der Waals surface area contributed by atoms with Crippen molar-refractivity contribution in [3.8, 4) is 11.1 Å². The van der Waals surface area contributed by atoms with Gasteiger partial charge in [-0.2, -0.15) is 0 Å². The van der Waals surface area contributed by atoms with Gasteiger partial charge in [0, 0.05) is 0 Å². The molecular formula is C34H31BO2. The molecule has 1 saturated heterocycles. The molecule has 1 aliphatic rings. The van der Waals surface area contributed by atoms with Crippen molar-refractivity contribution in [2.24, 2.45) is 0 Å². The Balaban J connectivity index is 1.43. The summed E-state index contributed by atoms with van der Waals surface area (Å²) in [6.07, 6.45) is 3.90. The minimum Gasteiger partial charge on any atom is -0.399 e. The van der Waals surface area contributed by atoms with Crippen molar-refractivity contribution in [3.63, 3.8) is 0 Å². The minimum absolute atomic E-state index is 0.354. The van der Waals surface area contributed by atoms with Crippen molar-refractivity contribution < 1.29 is 9.31 Å². The Morgan fingerprint density at radius 2 is 1.14 bits per heavy atom. The number of benzene rings is 5. The van der Waals surface area contributed by atoms with Crippen LogP contribution in [0.25, 0.3) is 55.6 Å². The SMILES string of the molecule is C=Cc1c(C=C)c2cc(-c3ccc4cc(B5OC(C)(C)C(C)(C)O5)ccc4c3)ccc2c2ccccc12. The first-order chi connectivity index (χ1) is 17.7. The van der Waals surface area contributed by atoms with Crippen molar-refractivity contribution in [1.29, 1.82) is 0 Å². The van der Waals surface area contributed by atoms with E-state index in [9.17, 15) is 0 Å². The summed E-state index contributed by atoms with van der Waals surface area (Å²) >= 11 is 0. The quantitative estimate of drug-likeness (QED) is 0.189. The zero-order chi connectivity index (χ0) is 25.9. The van der Waals surface area contributed by atoms with Crippen LogP contribution in [0.2, 0.25) is 0 Å². The van der Waals surface area contributed by atoms with Gasteiger partial charge in [-0.25, -0.2) is 0 Å². The average molecular weight is 482 g/mol. The van der Waals surface area contributed by atoms with Crippen LogP contribution in [0.4, 0.5) is 0 Å². The van der Waals surface area contributed by atoms with Crippen LogP contribution in [-0.4, -0.2) is 18.3 Å². The maximum Gasteiger partial charge on any atom is 0.494 e. The van der Waals surface area contributed by atoms with Gasteiger partial charge < -0.3 is 9.31 Å². The Morgan fingerprint density at radius 3 is 1.84 bits per heavy atom. The Bertz CT molecular complexity index is 1710. The molecule has 0 amide bonds. The van der Waals surface area contributed by atoms with E-state index in [-0.39, 0.29) is 18.3 Å². The molecule has 0 atom stereocenters. The van der Waals surface area contributed by atoms with Gasteiger partial charge >= 0.3 is 7.12 Å². The Morgan fingerprint density at radius 1 is 0.595 bits per heavy atom. The molecule has 0 N–H and O–H groups in total. The normalized spacial score (nSPS) is 16.5. The van der Waals surface area contributed by atoms with Crippen molar-refractivity contribution in [1.82, 2.24) is 0 Å². The Labute approximate surface area is 219 Å². The molecule has 37 heavy (non-hydrogen) atoms. The van der Waals surface area contributed by atoms with Gasteiger partial charge in [0.05, 0.1) is 11.2 Å². The van der Waals surface area contributed by atoms with E-state index in [0.29, 0.717) is 0 Å². The van der Waals surface area contributed by atoms with E-state index in [1.54, 1.807) is 0 Å². The highest BCUT2D eigenvalue weighted by Crippen LogP contribution is 2.38. The van der Waals surface area contributed by atoms with Crippen LogP contribution in [0.5, 0.6) is 0 Å². The van der Waals surface area contributed by atoms with Crippen molar-refractivity contribution in [3.05, 3.63) is 103 Å². The summed E-state index contributed by atoms with van der Waals surface area (Å²) in [6, 6.07) is 28.4. The van der Waals surface area contributed by atoms with Crippen LogP contribution in [0, 0.1) is 0 Å². The van der Waals surface area contributed by atoms with Crippen LogP contribution in [-0.2, 0) is 9.31 Å². The predicted molar refractivity (Wildman–Crippen MR) is 160 cm³/mol. The van der Waals surface area contributed by atoms with E-state index in [4.69, 9.17) is 9.31 Å². The van der Waals surface area contributed by atoms with Crippen LogP contribution < -0.4 is 5.46 Å². The highest BCUT2D eigenvalue weighted by Gasteiger charge is 2.51. The summed E-state index contributed by atoms with van der Waals surface area (Å²) in [5, 5.41) is 7.22. The standard InChI is InChI=1S/C34H31BO2/c1-7-27-28(8-2)32-21-25(16-18-31(32)30-12-10-9-11-29(27)30)22-13-14-24-20-26(17-15-23(24)19-22)35-36-33(3,4)34(5,6)37-35/h7-21H,1-2H2,3-6H3. The monoisotopic (exact) mass is 482 g/mol. The molecule has 1 fully saturated rings. The van der Waals surface area contributed by atoms with Crippen LogP contribution in [0.15, 0.2) is 92.0 Å². The van der Waals surface area contributed by atoms with Gasteiger partial charge in [0.1, 0.15) is 0 Å². The van der Waals surface area contributed by atoms with E-state index >= 15 is 0 Å². The first-order valence-corrected chi connectivity index (χ1v) is 12.9. The smallest absolute Gasteiger partial charge is 0.399 e. The zero-order valence-electron chi connectivity index (χ0n) is 22.0. The lowest BCUT2D eigenvalue weighted by molar-refractivity contribution is 0.00578. The third kappa shape index (κ3) is 3.73. The Hall–Kier alpha value is -3.66. The molecular weight excluding hydrogens is 451 g/mol. The second-order valence-corrected chi connectivity index (χ2v) is 11.0. The fraction of sp³-hybridized carbons (Fsp3) is 0.176.